The number of carbonyl (C=O) groups is 2. The molecule has 0 fully saturated rings. The Morgan fingerprint density at radius 1 is 1.50 bits per heavy atom. The van der Waals surface area contributed by atoms with Crippen molar-refractivity contribution in [3.63, 3.8) is 0 Å². The summed E-state index contributed by atoms with van der Waals surface area (Å²) < 4.78 is 9.69. The number of cyclic esters (lactones) is 1. The van der Waals surface area contributed by atoms with Gasteiger partial charge in [0.15, 0.2) is 5.16 Å². The first-order valence-electron chi connectivity index (χ1n) is 6.53. The van der Waals surface area contributed by atoms with Gasteiger partial charge in [-0.25, -0.2) is 14.6 Å². The number of carbonyl (C=O) groups excluding carboxylic acids is 2. The quantitative estimate of drug-likeness (QED) is 0.830. The van der Waals surface area contributed by atoms with Crippen molar-refractivity contribution in [3.8, 4) is 0 Å². The van der Waals surface area contributed by atoms with Gasteiger partial charge in [-0.2, -0.15) is 0 Å². The lowest BCUT2D eigenvalue weighted by atomic mass is 10.3. The monoisotopic (exact) mass is 320 g/mol. The number of aliphatic hydroxyl groups is 1. The molecule has 3 rings (SSSR count). The summed E-state index contributed by atoms with van der Waals surface area (Å²) in [6.07, 6.45) is -1.26. The van der Waals surface area contributed by atoms with Crippen LogP contribution in [0.4, 0.5) is 0 Å². The number of benzene rings is 1. The van der Waals surface area contributed by atoms with E-state index in [9.17, 15) is 14.7 Å². The van der Waals surface area contributed by atoms with Gasteiger partial charge >= 0.3 is 11.9 Å². The second-order valence-electron chi connectivity index (χ2n) is 4.41. The first-order valence-corrected chi connectivity index (χ1v) is 7.35. The zero-order valence-corrected chi connectivity index (χ0v) is 12.3. The van der Waals surface area contributed by atoms with E-state index < -0.39 is 23.8 Å². The molecule has 7 nitrogen and oxygen atoms in total. The van der Waals surface area contributed by atoms with E-state index in [0.29, 0.717) is 5.16 Å². The first-order chi connectivity index (χ1) is 10.6. The number of nitrogens with zero attached hydrogens (tertiary/aromatic N) is 1. The SMILES string of the molecule is CCOC(=O)C1OC(=O)C(O)=C1Sc1nc2ccccc2[nH]1. The molecule has 2 N–H and O–H groups in total. The van der Waals surface area contributed by atoms with Crippen molar-refractivity contribution in [2.45, 2.75) is 18.2 Å². The fraction of sp³-hybridized carbons (Fsp3) is 0.214. The summed E-state index contributed by atoms with van der Waals surface area (Å²) in [5, 5.41) is 10.3. The van der Waals surface area contributed by atoms with E-state index in [2.05, 4.69) is 9.97 Å². The molecule has 0 aliphatic carbocycles. The van der Waals surface area contributed by atoms with Crippen LogP contribution >= 0.6 is 11.8 Å². The maximum Gasteiger partial charge on any atom is 0.375 e. The zero-order valence-electron chi connectivity index (χ0n) is 11.5. The Kier molecular flexibility index (Phi) is 3.76. The number of thioether (sulfide) groups is 1. The Balaban J connectivity index is 1.90. The number of aromatic nitrogens is 2. The Bertz CT molecular complexity index is 749. The highest BCUT2D eigenvalue weighted by Gasteiger charge is 2.41. The van der Waals surface area contributed by atoms with Gasteiger partial charge in [0.25, 0.3) is 0 Å². The number of aliphatic hydroxyl groups excluding tert-OH is 1. The van der Waals surface area contributed by atoms with Gasteiger partial charge in [0, 0.05) is 0 Å². The number of hydrogen-bond acceptors (Lipinski definition) is 7. The topological polar surface area (TPSA) is 102 Å². The minimum atomic E-state index is -1.26. The maximum atomic E-state index is 11.8. The number of nitrogens with one attached hydrogen (secondary N) is 1. The number of rotatable bonds is 4. The molecular formula is C14H12N2O5S. The number of esters is 2. The lowest BCUT2D eigenvalue weighted by Gasteiger charge is -2.10. The molecule has 0 saturated heterocycles. The highest BCUT2D eigenvalue weighted by Crippen LogP contribution is 2.36. The van der Waals surface area contributed by atoms with Crippen LogP contribution in [0.2, 0.25) is 0 Å². The van der Waals surface area contributed by atoms with E-state index in [4.69, 9.17) is 9.47 Å². The summed E-state index contributed by atoms with van der Waals surface area (Å²) >= 11 is 0.967. The lowest BCUT2D eigenvalue weighted by molar-refractivity contribution is -0.160. The predicted molar refractivity (Wildman–Crippen MR) is 78.1 cm³/mol. The average molecular weight is 320 g/mol. The Morgan fingerprint density at radius 2 is 2.27 bits per heavy atom. The van der Waals surface area contributed by atoms with E-state index in [0.717, 1.165) is 22.8 Å². The number of H-pyrrole nitrogens is 1. The summed E-state index contributed by atoms with van der Waals surface area (Å²) in [6, 6.07) is 7.37. The molecule has 2 heterocycles. The van der Waals surface area contributed by atoms with E-state index in [1.165, 1.54) is 0 Å². The fourth-order valence-corrected chi connectivity index (χ4v) is 2.94. The highest BCUT2D eigenvalue weighted by molar-refractivity contribution is 8.03. The standard InChI is InChI=1S/C14H12N2O5S/c1-2-20-13(19)10-11(9(17)12(18)21-10)22-14-15-7-5-3-4-6-8(7)16-14/h3-6,10,17H,2H2,1H3,(H,15,16). The van der Waals surface area contributed by atoms with Crippen molar-refractivity contribution in [2.24, 2.45) is 0 Å². The van der Waals surface area contributed by atoms with Crippen LogP contribution in [-0.4, -0.2) is 39.7 Å². The number of fused-ring (bicyclic) bond motifs is 1. The van der Waals surface area contributed by atoms with Gasteiger partial charge in [-0.1, -0.05) is 12.1 Å². The number of para-hydroxylation sites is 2. The third kappa shape index (κ3) is 2.52. The first kappa shape index (κ1) is 14.5. The van der Waals surface area contributed by atoms with Crippen molar-refractivity contribution < 1.29 is 24.2 Å². The van der Waals surface area contributed by atoms with Gasteiger partial charge in [-0.3, -0.25) is 0 Å². The second kappa shape index (κ2) is 5.72. The number of aromatic amines is 1. The molecule has 1 atom stereocenters. The molecule has 8 heteroatoms. The minimum Gasteiger partial charge on any atom is -0.501 e. The smallest absolute Gasteiger partial charge is 0.375 e. The molecule has 114 valence electrons. The summed E-state index contributed by atoms with van der Waals surface area (Å²) in [5.41, 5.74) is 1.55. The Hall–Kier alpha value is -2.48. The number of hydrogen-bond donors (Lipinski definition) is 2. The number of imidazole rings is 1. The second-order valence-corrected chi connectivity index (χ2v) is 5.44. The normalized spacial score (nSPS) is 17.9. The molecule has 0 amide bonds. The lowest BCUT2D eigenvalue weighted by Crippen LogP contribution is -2.25. The zero-order chi connectivity index (χ0) is 15.7. The van der Waals surface area contributed by atoms with Crippen molar-refractivity contribution in [3.05, 3.63) is 34.9 Å². The molecule has 2 aromatic rings. The molecule has 1 aromatic heterocycles. The third-order valence-electron chi connectivity index (χ3n) is 2.96. The number of ether oxygens (including phenoxy) is 2. The van der Waals surface area contributed by atoms with Crippen molar-refractivity contribution in [2.75, 3.05) is 6.61 Å². The van der Waals surface area contributed by atoms with Crippen LogP contribution in [0.5, 0.6) is 0 Å². The molecule has 0 saturated carbocycles. The molecule has 1 aliphatic rings. The van der Waals surface area contributed by atoms with E-state index >= 15 is 0 Å². The average Bonchev–Trinajstić information content (AvgIpc) is 3.03. The Morgan fingerprint density at radius 3 is 3.00 bits per heavy atom. The van der Waals surface area contributed by atoms with E-state index in [1.54, 1.807) is 6.92 Å². The molecular weight excluding hydrogens is 308 g/mol. The molecule has 1 aliphatic heterocycles. The van der Waals surface area contributed by atoms with Gasteiger partial charge < -0.3 is 19.6 Å². The molecule has 0 radical (unpaired) electrons. The largest absolute Gasteiger partial charge is 0.501 e. The van der Waals surface area contributed by atoms with Crippen molar-refractivity contribution in [1.29, 1.82) is 0 Å². The predicted octanol–water partition coefficient (Wildman–Crippen LogP) is 1.91. The van der Waals surface area contributed by atoms with Crippen LogP contribution in [0, 0.1) is 0 Å². The van der Waals surface area contributed by atoms with Crippen LogP contribution in [-0.2, 0) is 19.1 Å². The summed E-state index contributed by atoms with van der Waals surface area (Å²) in [6.45, 7) is 1.79. The van der Waals surface area contributed by atoms with Crippen LogP contribution in [0.3, 0.4) is 0 Å². The van der Waals surface area contributed by atoms with Gasteiger partial charge in [0.05, 0.1) is 22.5 Å². The van der Waals surface area contributed by atoms with Crippen molar-refractivity contribution >= 4 is 34.7 Å². The minimum absolute atomic E-state index is 0.0718. The highest BCUT2D eigenvalue weighted by atomic mass is 32.2. The van der Waals surface area contributed by atoms with E-state index in [-0.39, 0.29) is 11.5 Å². The van der Waals surface area contributed by atoms with Crippen LogP contribution in [0.25, 0.3) is 11.0 Å². The molecule has 0 bridgehead atoms. The summed E-state index contributed by atoms with van der Waals surface area (Å²) in [7, 11) is 0. The molecule has 1 aromatic carbocycles. The Labute approximate surface area is 129 Å². The van der Waals surface area contributed by atoms with Gasteiger partial charge in [-0.05, 0) is 30.8 Å². The van der Waals surface area contributed by atoms with E-state index in [1.807, 2.05) is 24.3 Å². The summed E-state index contributed by atoms with van der Waals surface area (Å²) in [4.78, 5) is 30.7. The van der Waals surface area contributed by atoms with Gasteiger partial charge in [-0.15, -0.1) is 0 Å². The fourth-order valence-electron chi connectivity index (χ4n) is 2.00. The van der Waals surface area contributed by atoms with Gasteiger partial charge in [0.2, 0.25) is 11.9 Å². The van der Waals surface area contributed by atoms with Crippen LogP contribution in [0.1, 0.15) is 6.92 Å². The molecule has 22 heavy (non-hydrogen) atoms. The molecule has 0 spiro atoms. The van der Waals surface area contributed by atoms with Gasteiger partial charge in [0.1, 0.15) is 0 Å². The maximum absolute atomic E-state index is 11.8. The summed E-state index contributed by atoms with van der Waals surface area (Å²) in [5.74, 6) is -2.27. The van der Waals surface area contributed by atoms with Crippen molar-refractivity contribution in [1.82, 2.24) is 9.97 Å². The third-order valence-corrected chi connectivity index (χ3v) is 3.98. The van der Waals surface area contributed by atoms with Crippen LogP contribution < -0.4 is 0 Å². The molecule has 1 unspecified atom stereocenters. The van der Waals surface area contributed by atoms with Crippen LogP contribution in [0.15, 0.2) is 40.1 Å².